The maximum Gasteiger partial charge on any atom is 0.522 e. The number of halogens is 3. The van der Waals surface area contributed by atoms with Crippen molar-refractivity contribution in [1.29, 1.82) is 0 Å². The summed E-state index contributed by atoms with van der Waals surface area (Å²) in [5.41, 5.74) is -4.55. The van der Waals surface area contributed by atoms with E-state index in [1.165, 1.54) is 12.1 Å². The second-order valence-electron chi connectivity index (χ2n) is 3.44. The van der Waals surface area contributed by atoms with E-state index in [2.05, 4.69) is 27.7 Å². The smallest absolute Gasteiger partial charge is 0.279 e. The van der Waals surface area contributed by atoms with Gasteiger partial charge in [-0.2, -0.15) is 21.6 Å². The highest BCUT2D eigenvalue weighted by atomic mass is 32.2. The molecule has 0 fully saturated rings. The Labute approximate surface area is 96.4 Å². The quantitative estimate of drug-likeness (QED) is 0.490. The molecule has 99 valence electrons. The van der Waals surface area contributed by atoms with E-state index in [0.29, 0.717) is 0 Å². The van der Waals surface area contributed by atoms with Crippen LogP contribution in [-0.2, 0) is 10.1 Å². The highest BCUT2D eigenvalue weighted by Gasteiger charge is 2.44. The average Bonchev–Trinajstić information content (AvgIpc) is 2.02. The van der Waals surface area contributed by atoms with Gasteiger partial charge in [0.15, 0.2) is 0 Å². The van der Waals surface area contributed by atoms with Crippen LogP contribution in [0.15, 0.2) is 0 Å². The van der Waals surface area contributed by atoms with Crippen molar-refractivity contribution in [2.75, 3.05) is 0 Å². The van der Waals surface area contributed by atoms with Gasteiger partial charge in [-0.3, -0.25) is 4.55 Å². The molecule has 16 heavy (non-hydrogen) atoms. The Morgan fingerprint density at radius 1 is 1.19 bits per heavy atom. The van der Waals surface area contributed by atoms with Crippen LogP contribution in [0.5, 0.6) is 0 Å². The number of rotatable bonds is 3. The largest absolute Gasteiger partial charge is 0.522 e. The molecule has 0 atom stereocenters. The van der Waals surface area contributed by atoms with E-state index in [1.807, 2.05) is 0 Å². The average molecular weight is 279 g/mol. The van der Waals surface area contributed by atoms with E-state index < -0.39 is 15.6 Å². The van der Waals surface area contributed by atoms with Gasteiger partial charge in [0.1, 0.15) is 0 Å². The molecule has 0 bridgehead atoms. The fourth-order valence-electron chi connectivity index (χ4n) is 1.07. The minimum absolute atomic E-state index is 0.0597. The number of hydrogen-bond acceptors (Lipinski definition) is 2. The van der Waals surface area contributed by atoms with Crippen LogP contribution >= 0.6 is 0 Å². The van der Waals surface area contributed by atoms with Crippen molar-refractivity contribution in [1.82, 2.24) is 0 Å². The lowest BCUT2D eigenvalue weighted by atomic mass is 10.6. The predicted octanol–water partition coefficient (Wildman–Crippen LogP) is 3.33. The van der Waals surface area contributed by atoms with Gasteiger partial charge in [0, 0.05) is 0 Å². The third-order valence-corrected chi connectivity index (χ3v) is 6.05. The predicted molar refractivity (Wildman–Crippen MR) is 59.4 cm³/mol. The van der Waals surface area contributed by atoms with Crippen LogP contribution in [0, 0.1) is 0 Å². The molecular weight excluding hydrogens is 261 g/mol. The van der Waals surface area contributed by atoms with E-state index in [9.17, 15) is 13.2 Å². The molecule has 0 spiro atoms. The third-order valence-electron chi connectivity index (χ3n) is 2.02. The molecular formula is C8H18F3O3SSi. The van der Waals surface area contributed by atoms with Gasteiger partial charge in [-0.25, -0.2) is 0 Å². The van der Waals surface area contributed by atoms with Crippen LogP contribution < -0.4 is 0 Å². The minimum Gasteiger partial charge on any atom is -0.279 e. The highest BCUT2D eigenvalue weighted by molar-refractivity contribution is 7.86. The summed E-state index contributed by atoms with van der Waals surface area (Å²) >= 11 is 0. The summed E-state index contributed by atoms with van der Waals surface area (Å²) in [5, 5.41) is 0. The van der Waals surface area contributed by atoms with Crippen LogP contribution in [0.3, 0.4) is 0 Å². The first-order valence-corrected chi connectivity index (χ1v) is 8.28. The van der Waals surface area contributed by atoms with E-state index in [1.54, 1.807) is 0 Å². The van der Waals surface area contributed by atoms with Gasteiger partial charge < -0.3 is 0 Å². The highest BCUT2D eigenvalue weighted by Crippen LogP contribution is 2.20. The summed E-state index contributed by atoms with van der Waals surface area (Å²) < 4.78 is 57.5. The van der Waals surface area contributed by atoms with Crippen LogP contribution in [-0.4, -0.2) is 27.3 Å². The summed E-state index contributed by atoms with van der Waals surface area (Å²) in [6, 6.07) is 2.89. The normalized spacial score (nSPS) is 12.6. The minimum atomic E-state index is -5.84. The topological polar surface area (TPSA) is 54.4 Å². The molecule has 0 aromatic carbocycles. The zero-order chi connectivity index (χ0) is 13.6. The van der Waals surface area contributed by atoms with E-state index >= 15 is 0 Å². The van der Waals surface area contributed by atoms with Crippen molar-refractivity contribution in [2.45, 2.75) is 50.8 Å². The summed E-state index contributed by atoms with van der Waals surface area (Å²) in [6.07, 6.45) is 0. The monoisotopic (exact) mass is 279 g/mol. The fourth-order valence-corrected chi connectivity index (χ4v) is 3.20. The Morgan fingerprint density at radius 3 is 1.44 bits per heavy atom. The first-order chi connectivity index (χ1) is 6.97. The summed E-state index contributed by atoms with van der Waals surface area (Å²) in [7, 11) is -5.78. The van der Waals surface area contributed by atoms with Gasteiger partial charge in [-0.15, -0.1) is 0 Å². The number of alkyl halides is 3. The van der Waals surface area contributed by atoms with Crippen molar-refractivity contribution in [3.8, 4) is 0 Å². The van der Waals surface area contributed by atoms with Gasteiger partial charge in [-0.05, 0) is 0 Å². The van der Waals surface area contributed by atoms with Crippen LogP contribution in [0.4, 0.5) is 13.2 Å². The molecule has 3 nitrogen and oxygen atoms in total. The fraction of sp³-hybridized carbons (Fsp3) is 1.00. The zero-order valence-corrected chi connectivity index (χ0v) is 11.6. The molecule has 0 aliphatic carbocycles. The molecule has 0 saturated carbocycles. The lowest BCUT2D eigenvalue weighted by Gasteiger charge is -2.12. The van der Waals surface area contributed by atoms with Crippen LogP contribution in [0.2, 0.25) is 17.6 Å². The maximum absolute atomic E-state index is 10.7. The molecule has 0 unspecified atom stereocenters. The van der Waals surface area contributed by atoms with Crippen LogP contribution in [0.25, 0.3) is 0 Å². The Kier molecular flexibility index (Phi) is 8.32. The number of hydrogen-bond donors (Lipinski definition) is 1. The SMILES string of the molecule is CC[Si](CC)C(C)C.O=S(=O)(O)C(F)(F)F. The van der Waals surface area contributed by atoms with Crippen molar-refractivity contribution in [2.24, 2.45) is 0 Å². The van der Waals surface area contributed by atoms with E-state index in [0.717, 1.165) is 5.54 Å². The second kappa shape index (κ2) is 7.28. The van der Waals surface area contributed by atoms with E-state index in [4.69, 9.17) is 13.0 Å². The van der Waals surface area contributed by atoms with Gasteiger partial charge in [-0.1, -0.05) is 45.3 Å². The Balaban J connectivity index is 0. The molecule has 0 aliphatic rings. The van der Waals surface area contributed by atoms with Gasteiger partial charge in [0.05, 0.1) is 8.80 Å². The third kappa shape index (κ3) is 8.11. The summed E-state index contributed by atoms with van der Waals surface area (Å²) in [5.74, 6) is 0. The molecule has 0 saturated heterocycles. The van der Waals surface area contributed by atoms with E-state index in [-0.39, 0.29) is 8.80 Å². The summed E-state index contributed by atoms with van der Waals surface area (Å²) in [6.45, 7) is 9.33. The molecule has 0 aromatic heterocycles. The van der Waals surface area contributed by atoms with Crippen molar-refractivity contribution in [3.63, 3.8) is 0 Å². The first kappa shape index (κ1) is 18.3. The molecule has 0 heterocycles. The van der Waals surface area contributed by atoms with Crippen molar-refractivity contribution >= 4 is 18.9 Å². The lowest BCUT2D eigenvalue weighted by molar-refractivity contribution is -0.0510. The molecule has 1 radical (unpaired) electrons. The Hall–Kier alpha value is -0.0831. The zero-order valence-electron chi connectivity index (χ0n) is 9.80. The Bertz CT molecular complexity index is 271. The standard InChI is InChI=1S/C7H17Si.CHF3O3S/c1-5-8(6-2)7(3)4;2-1(3,4)8(5,6)7/h7H,5-6H2,1-4H3;(H,5,6,7). The molecule has 0 aromatic rings. The van der Waals surface area contributed by atoms with Crippen molar-refractivity contribution < 1.29 is 26.1 Å². The van der Waals surface area contributed by atoms with Gasteiger partial charge in [0.25, 0.3) is 0 Å². The van der Waals surface area contributed by atoms with Gasteiger partial charge in [0.2, 0.25) is 0 Å². The molecule has 1 N–H and O–H groups in total. The molecule has 0 amide bonds. The Morgan fingerprint density at radius 2 is 1.44 bits per heavy atom. The maximum atomic E-state index is 10.7. The molecule has 0 rings (SSSR count). The summed E-state index contributed by atoms with van der Waals surface area (Å²) in [4.78, 5) is 0. The first-order valence-electron chi connectivity index (χ1n) is 4.85. The van der Waals surface area contributed by atoms with Crippen LogP contribution in [0.1, 0.15) is 27.7 Å². The second-order valence-corrected chi connectivity index (χ2v) is 8.74. The lowest BCUT2D eigenvalue weighted by Crippen LogP contribution is -2.21. The van der Waals surface area contributed by atoms with Gasteiger partial charge >= 0.3 is 15.6 Å². The molecule has 8 heteroatoms. The molecule has 0 aliphatic heterocycles. The van der Waals surface area contributed by atoms with Crippen molar-refractivity contribution in [3.05, 3.63) is 0 Å².